The Bertz CT molecular complexity index is 572. The highest BCUT2D eigenvalue weighted by Gasteiger charge is 2.13. The first kappa shape index (κ1) is 14.0. The van der Waals surface area contributed by atoms with Crippen molar-refractivity contribution in [1.82, 2.24) is 0 Å². The minimum atomic E-state index is -0.570. The predicted molar refractivity (Wildman–Crippen MR) is 75.2 cm³/mol. The lowest BCUT2D eigenvalue weighted by molar-refractivity contribution is 0.562. The lowest BCUT2D eigenvalue weighted by atomic mass is 9.99. The Morgan fingerprint density at radius 3 is 2.58 bits per heavy atom. The molecule has 0 amide bonds. The smallest absolute Gasteiger partial charge is 0.129 e. The number of hydrogen-bond acceptors (Lipinski definition) is 2. The zero-order valence-corrected chi connectivity index (χ0v) is 11.4. The second-order valence-corrected chi connectivity index (χ2v) is 5.14. The van der Waals surface area contributed by atoms with E-state index in [4.69, 9.17) is 5.73 Å². The summed E-state index contributed by atoms with van der Waals surface area (Å²) in [5.74, 6) is -1.11. The molecule has 4 heteroatoms. The van der Waals surface area contributed by atoms with E-state index in [-0.39, 0.29) is 6.04 Å². The van der Waals surface area contributed by atoms with E-state index in [2.05, 4.69) is 0 Å². The standard InChI is InChI=1S/C15H15F2NS/c1-19-15-5-3-2-4-12(15)14(18)8-10-6-7-11(16)9-13(10)17/h2-7,9,14H,8,18H2,1H3. The van der Waals surface area contributed by atoms with Crippen LogP contribution in [0.25, 0.3) is 0 Å². The van der Waals surface area contributed by atoms with E-state index >= 15 is 0 Å². The highest BCUT2D eigenvalue weighted by atomic mass is 32.2. The Morgan fingerprint density at radius 1 is 1.16 bits per heavy atom. The number of rotatable bonds is 4. The van der Waals surface area contributed by atoms with Gasteiger partial charge in [-0.1, -0.05) is 24.3 Å². The molecule has 0 aromatic heterocycles. The molecule has 0 radical (unpaired) electrons. The zero-order valence-electron chi connectivity index (χ0n) is 10.6. The molecule has 0 saturated carbocycles. The first-order valence-corrected chi connectivity index (χ1v) is 7.16. The van der Waals surface area contributed by atoms with Crippen LogP contribution in [0.5, 0.6) is 0 Å². The second kappa shape index (κ2) is 6.17. The molecule has 100 valence electrons. The molecule has 0 aliphatic rings. The molecule has 1 unspecified atom stereocenters. The number of thioether (sulfide) groups is 1. The largest absolute Gasteiger partial charge is 0.324 e. The van der Waals surface area contributed by atoms with Crippen molar-refractivity contribution in [2.45, 2.75) is 17.4 Å². The van der Waals surface area contributed by atoms with Gasteiger partial charge in [0.1, 0.15) is 11.6 Å². The molecule has 2 aromatic rings. The van der Waals surface area contributed by atoms with Gasteiger partial charge in [0.05, 0.1) is 0 Å². The summed E-state index contributed by atoms with van der Waals surface area (Å²) in [4.78, 5) is 1.08. The maximum atomic E-state index is 13.6. The lowest BCUT2D eigenvalue weighted by Crippen LogP contribution is -2.15. The second-order valence-electron chi connectivity index (χ2n) is 4.29. The van der Waals surface area contributed by atoms with Crippen LogP contribution >= 0.6 is 11.8 Å². The van der Waals surface area contributed by atoms with Crippen LogP contribution in [0.4, 0.5) is 8.78 Å². The molecule has 0 bridgehead atoms. The molecule has 2 rings (SSSR count). The van der Waals surface area contributed by atoms with E-state index in [1.807, 2.05) is 30.5 Å². The van der Waals surface area contributed by atoms with Crippen LogP contribution in [-0.4, -0.2) is 6.26 Å². The van der Waals surface area contributed by atoms with Gasteiger partial charge in [-0.15, -0.1) is 11.8 Å². The SMILES string of the molecule is CSc1ccccc1C(N)Cc1ccc(F)cc1F. The summed E-state index contributed by atoms with van der Waals surface area (Å²) in [7, 11) is 0. The monoisotopic (exact) mass is 279 g/mol. The summed E-state index contributed by atoms with van der Waals surface area (Å²) in [6.45, 7) is 0. The maximum Gasteiger partial charge on any atom is 0.129 e. The Hall–Kier alpha value is -1.39. The quantitative estimate of drug-likeness (QED) is 0.858. The van der Waals surface area contributed by atoms with Crippen molar-refractivity contribution < 1.29 is 8.78 Å². The van der Waals surface area contributed by atoms with Crippen molar-refractivity contribution in [3.8, 4) is 0 Å². The number of nitrogens with two attached hydrogens (primary N) is 1. The van der Waals surface area contributed by atoms with Crippen molar-refractivity contribution in [3.05, 3.63) is 65.2 Å². The van der Waals surface area contributed by atoms with Crippen LogP contribution in [-0.2, 0) is 6.42 Å². The van der Waals surface area contributed by atoms with Gasteiger partial charge in [-0.3, -0.25) is 0 Å². The number of hydrogen-bond donors (Lipinski definition) is 1. The molecule has 19 heavy (non-hydrogen) atoms. The Kier molecular flexibility index (Phi) is 4.56. The summed E-state index contributed by atoms with van der Waals surface area (Å²) in [5, 5.41) is 0. The normalized spacial score (nSPS) is 12.4. The summed E-state index contributed by atoms with van der Waals surface area (Å²) in [6, 6.07) is 11.1. The third kappa shape index (κ3) is 3.33. The van der Waals surface area contributed by atoms with Crippen molar-refractivity contribution in [1.29, 1.82) is 0 Å². The molecule has 0 heterocycles. The lowest BCUT2D eigenvalue weighted by Gasteiger charge is -2.16. The van der Waals surface area contributed by atoms with Crippen LogP contribution in [0.2, 0.25) is 0 Å². The molecule has 1 nitrogen and oxygen atoms in total. The molecule has 0 aliphatic heterocycles. The molecule has 2 aromatic carbocycles. The molecular weight excluding hydrogens is 264 g/mol. The van der Waals surface area contributed by atoms with Gasteiger partial charge in [-0.25, -0.2) is 8.78 Å². The predicted octanol–water partition coefficient (Wildman–Crippen LogP) is 3.93. The zero-order chi connectivity index (χ0) is 13.8. The van der Waals surface area contributed by atoms with Gasteiger partial charge < -0.3 is 5.73 Å². The Morgan fingerprint density at radius 2 is 1.89 bits per heavy atom. The van der Waals surface area contributed by atoms with Gasteiger partial charge >= 0.3 is 0 Å². The van der Waals surface area contributed by atoms with Crippen LogP contribution in [0, 0.1) is 11.6 Å². The Labute approximate surface area is 115 Å². The molecule has 1 atom stereocenters. The van der Waals surface area contributed by atoms with Gasteiger partial charge in [0.15, 0.2) is 0 Å². The minimum Gasteiger partial charge on any atom is -0.324 e. The number of benzene rings is 2. The summed E-state index contributed by atoms with van der Waals surface area (Å²) < 4.78 is 26.5. The minimum absolute atomic E-state index is 0.302. The van der Waals surface area contributed by atoms with Gasteiger partial charge in [-0.2, -0.15) is 0 Å². The van der Waals surface area contributed by atoms with Crippen molar-refractivity contribution in [3.63, 3.8) is 0 Å². The van der Waals surface area contributed by atoms with Crippen molar-refractivity contribution in [2.75, 3.05) is 6.26 Å². The van der Waals surface area contributed by atoms with E-state index in [9.17, 15) is 8.78 Å². The van der Waals surface area contributed by atoms with E-state index < -0.39 is 11.6 Å². The summed E-state index contributed by atoms with van der Waals surface area (Å²) in [5.41, 5.74) is 7.56. The van der Waals surface area contributed by atoms with E-state index in [1.165, 1.54) is 12.1 Å². The fraction of sp³-hybridized carbons (Fsp3) is 0.200. The van der Waals surface area contributed by atoms with E-state index in [0.717, 1.165) is 16.5 Å². The van der Waals surface area contributed by atoms with Gasteiger partial charge in [0.25, 0.3) is 0 Å². The van der Waals surface area contributed by atoms with Gasteiger partial charge in [0, 0.05) is 17.0 Å². The third-order valence-electron chi connectivity index (χ3n) is 2.99. The average molecular weight is 279 g/mol. The maximum absolute atomic E-state index is 13.6. The van der Waals surface area contributed by atoms with Crippen LogP contribution in [0.15, 0.2) is 47.4 Å². The van der Waals surface area contributed by atoms with Crippen molar-refractivity contribution in [2.24, 2.45) is 5.73 Å². The molecule has 0 saturated heterocycles. The van der Waals surface area contributed by atoms with Crippen molar-refractivity contribution >= 4 is 11.8 Å². The fourth-order valence-corrected chi connectivity index (χ4v) is 2.68. The van der Waals surface area contributed by atoms with Crippen LogP contribution in [0.3, 0.4) is 0 Å². The van der Waals surface area contributed by atoms with E-state index in [0.29, 0.717) is 12.0 Å². The highest BCUT2D eigenvalue weighted by molar-refractivity contribution is 7.98. The van der Waals surface area contributed by atoms with Gasteiger partial charge in [-0.05, 0) is 35.9 Å². The average Bonchev–Trinajstić information content (AvgIpc) is 2.41. The molecule has 0 aliphatic carbocycles. The highest BCUT2D eigenvalue weighted by Crippen LogP contribution is 2.27. The molecule has 0 spiro atoms. The summed E-state index contributed by atoms with van der Waals surface area (Å²) >= 11 is 1.61. The van der Waals surface area contributed by atoms with E-state index in [1.54, 1.807) is 11.8 Å². The fourth-order valence-electron chi connectivity index (χ4n) is 2.01. The van der Waals surface area contributed by atoms with Crippen LogP contribution in [0.1, 0.15) is 17.2 Å². The van der Waals surface area contributed by atoms with Gasteiger partial charge in [0.2, 0.25) is 0 Å². The third-order valence-corrected chi connectivity index (χ3v) is 3.80. The molecule has 0 fully saturated rings. The Balaban J connectivity index is 2.23. The molecule has 2 N–H and O–H groups in total. The first-order valence-electron chi connectivity index (χ1n) is 5.94. The summed E-state index contributed by atoms with van der Waals surface area (Å²) in [6.07, 6.45) is 2.33. The van der Waals surface area contributed by atoms with Crippen LogP contribution < -0.4 is 5.73 Å². The molecular formula is C15H15F2NS. The first-order chi connectivity index (χ1) is 9.11. The topological polar surface area (TPSA) is 26.0 Å². The number of halogens is 2.